The van der Waals surface area contributed by atoms with E-state index in [-0.39, 0.29) is 5.91 Å². The number of rotatable bonds is 5. The van der Waals surface area contributed by atoms with Crippen molar-refractivity contribution in [3.05, 3.63) is 34.3 Å². The van der Waals surface area contributed by atoms with Crippen LogP contribution in [0, 0.1) is 0 Å². The maximum Gasteiger partial charge on any atom is 0.286 e. The average Bonchev–Trinajstić information content (AvgIpc) is 3.08. The first-order valence-electron chi connectivity index (χ1n) is 8.20. The number of carbonyl (C=O) groups excluding carboxylic acids is 1. The van der Waals surface area contributed by atoms with Gasteiger partial charge in [-0.15, -0.1) is 10.2 Å². The van der Waals surface area contributed by atoms with Crippen molar-refractivity contribution in [2.24, 2.45) is 0 Å². The van der Waals surface area contributed by atoms with Gasteiger partial charge < -0.3 is 10.1 Å². The summed E-state index contributed by atoms with van der Waals surface area (Å²) in [6.45, 7) is 6.30. The summed E-state index contributed by atoms with van der Waals surface area (Å²) in [5.74, 6) is 1.65. The van der Waals surface area contributed by atoms with Gasteiger partial charge in [0.05, 0.1) is 13.7 Å². The minimum Gasteiger partial charge on any atom is -0.497 e. The van der Waals surface area contributed by atoms with Gasteiger partial charge in [0.15, 0.2) is 0 Å². The lowest BCUT2D eigenvalue weighted by Crippen LogP contribution is -2.43. The minimum absolute atomic E-state index is 0.232. The lowest BCUT2D eigenvalue weighted by Gasteiger charge is -2.36. The van der Waals surface area contributed by atoms with E-state index in [9.17, 15) is 4.79 Å². The number of methoxy groups -OCH3 is 1. The van der Waals surface area contributed by atoms with Gasteiger partial charge in [-0.3, -0.25) is 9.69 Å². The lowest BCUT2D eigenvalue weighted by molar-refractivity contribution is 0.102. The van der Waals surface area contributed by atoms with Gasteiger partial charge in [0.25, 0.3) is 5.91 Å². The van der Waals surface area contributed by atoms with E-state index in [0.717, 1.165) is 29.6 Å². The highest BCUT2D eigenvalue weighted by atomic mass is 32.2. The molecule has 25 heavy (non-hydrogen) atoms. The van der Waals surface area contributed by atoms with Gasteiger partial charge in [-0.05, 0) is 31.2 Å². The Hall–Kier alpha value is -1.64. The molecule has 1 amide bonds. The number of hydrogen-bond donors (Lipinski definition) is 1. The molecule has 0 bridgehead atoms. The third-order valence-electron chi connectivity index (χ3n) is 4.36. The van der Waals surface area contributed by atoms with E-state index < -0.39 is 0 Å². The van der Waals surface area contributed by atoms with Gasteiger partial charge >= 0.3 is 0 Å². The number of hydrogen-bond acceptors (Lipinski definition) is 7. The number of carbonyl (C=O) groups is 1. The lowest BCUT2D eigenvalue weighted by atomic mass is 10.2. The standard InChI is InChI=1S/C17H22N4O2S2/c1-11-12(2)24-9-8-21(11)10-15-19-20-17(25-15)16(22)18-13-4-6-14(23-3)7-5-13/h4-7,11-12H,8-10H2,1-3H3,(H,18,22). The second kappa shape index (κ2) is 8.16. The predicted molar refractivity (Wildman–Crippen MR) is 103 cm³/mol. The Balaban J connectivity index is 1.61. The van der Waals surface area contributed by atoms with Gasteiger partial charge in [-0.2, -0.15) is 11.8 Å². The van der Waals surface area contributed by atoms with Crippen LogP contribution in [-0.4, -0.2) is 51.7 Å². The largest absolute Gasteiger partial charge is 0.497 e. The Kier molecular flexibility index (Phi) is 5.93. The summed E-state index contributed by atoms with van der Waals surface area (Å²) in [4.78, 5) is 14.7. The van der Waals surface area contributed by atoms with Crippen molar-refractivity contribution in [3.8, 4) is 5.75 Å². The summed E-state index contributed by atoms with van der Waals surface area (Å²) in [7, 11) is 1.61. The molecule has 1 aromatic carbocycles. The second-order valence-corrected chi connectivity index (χ2v) is 8.52. The van der Waals surface area contributed by atoms with Crippen molar-refractivity contribution in [1.82, 2.24) is 15.1 Å². The summed E-state index contributed by atoms with van der Waals surface area (Å²) >= 11 is 3.36. The van der Waals surface area contributed by atoms with Crippen LogP contribution in [0.3, 0.4) is 0 Å². The van der Waals surface area contributed by atoms with Crippen LogP contribution in [-0.2, 0) is 6.54 Å². The van der Waals surface area contributed by atoms with E-state index in [2.05, 4.69) is 34.3 Å². The van der Waals surface area contributed by atoms with Gasteiger partial charge in [-0.25, -0.2) is 0 Å². The Morgan fingerprint density at radius 3 is 2.80 bits per heavy atom. The Labute approximate surface area is 156 Å². The smallest absolute Gasteiger partial charge is 0.286 e. The van der Waals surface area contributed by atoms with Crippen LogP contribution in [0.25, 0.3) is 0 Å². The number of aromatic nitrogens is 2. The molecule has 2 unspecified atom stereocenters. The first-order valence-corrected chi connectivity index (χ1v) is 10.1. The van der Waals surface area contributed by atoms with Crippen LogP contribution in [0.15, 0.2) is 24.3 Å². The second-order valence-electron chi connectivity index (χ2n) is 5.97. The molecule has 0 spiro atoms. The maximum absolute atomic E-state index is 12.3. The number of benzene rings is 1. The fourth-order valence-electron chi connectivity index (χ4n) is 2.66. The summed E-state index contributed by atoms with van der Waals surface area (Å²) in [6, 6.07) is 7.70. The molecule has 2 atom stereocenters. The molecule has 3 rings (SSSR count). The molecule has 2 aromatic rings. The Bertz CT molecular complexity index is 720. The minimum atomic E-state index is -0.232. The number of thioether (sulfide) groups is 1. The van der Waals surface area contributed by atoms with Crippen LogP contribution in [0.1, 0.15) is 28.7 Å². The molecule has 1 fully saturated rings. The quantitative estimate of drug-likeness (QED) is 0.862. The number of nitrogens with one attached hydrogen (secondary N) is 1. The zero-order valence-corrected chi connectivity index (χ0v) is 16.2. The zero-order chi connectivity index (χ0) is 17.8. The van der Waals surface area contributed by atoms with E-state index in [1.165, 1.54) is 11.3 Å². The average molecular weight is 379 g/mol. The Morgan fingerprint density at radius 2 is 2.08 bits per heavy atom. The molecule has 0 saturated carbocycles. The van der Waals surface area contributed by atoms with Gasteiger partial charge in [0, 0.05) is 29.3 Å². The van der Waals surface area contributed by atoms with Crippen molar-refractivity contribution in [2.45, 2.75) is 31.7 Å². The van der Waals surface area contributed by atoms with Crippen LogP contribution >= 0.6 is 23.1 Å². The molecule has 8 heteroatoms. The van der Waals surface area contributed by atoms with E-state index in [0.29, 0.717) is 22.0 Å². The van der Waals surface area contributed by atoms with Crippen molar-refractivity contribution >= 4 is 34.7 Å². The first-order chi connectivity index (χ1) is 12.1. The fraction of sp³-hybridized carbons (Fsp3) is 0.471. The maximum atomic E-state index is 12.3. The number of ether oxygens (including phenoxy) is 1. The number of anilines is 1. The normalized spacial score (nSPS) is 21.1. The first kappa shape index (κ1) is 18.2. The van der Waals surface area contributed by atoms with Gasteiger partial charge in [0.1, 0.15) is 10.8 Å². The van der Waals surface area contributed by atoms with Crippen molar-refractivity contribution in [3.63, 3.8) is 0 Å². The molecule has 0 aliphatic carbocycles. The van der Waals surface area contributed by atoms with E-state index in [1.807, 2.05) is 11.8 Å². The third kappa shape index (κ3) is 4.50. The van der Waals surface area contributed by atoms with Crippen molar-refractivity contribution in [1.29, 1.82) is 0 Å². The van der Waals surface area contributed by atoms with Crippen LogP contribution in [0.2, 0.25) is 0 Å². The van der Waals surface area contributed by atoms with Crippen LogP contribution in [0.5, 0.6) is 5.75 Å². The molecule has 134 valence electrons. The number of nitrogens with zero attached hydrogens (tertiary/aromatic N) is 3. The highest BCUT2D eigenvalue weighted by molar-refractivity contribution is 8.00. The molecule has 6 nitrogen and oxygen atoms in total. The van der Waals surface area contributed by atoms with E-state index in [4.69, 9.17) is 4.74 Å². The van der Waals surface area contributed by atoms with E-state index >= 15 is 0 Å². The fourth-order valence-corrected chi connectivity index (χ4v) is 4.58. The summed E-state index contributed by atoms with van der Waals surface area (Å²) in [6.07, 6.45) is 0. The highest BCUT2D eigenvalue weighted by Crippen LogP contribution is 2.26. The monoisotopic (exact) mass is 378 g/mol. The molecule has 2 heterocycles. The summed E-state index contributed by atoms with van der Waals surface area (Å²) < 4.78 is 5.11. The molecule has 0 radical (unpaired) electrons. The van der Waals surface area contributed by atoms with Crippen molar-refractivity contribution in [2.75, 3.05) is 24.7 Å². The number of amides is 1. The third-order valence-corrected chi connectivity index (χ3v) is 6.61. The van der Waals surface area contributed by atoms with Gasteiger partial charge in [0.2, 0.25) is 5.01 Å². The molecule has 1 aliphatic rings. The predicted octanol–water partition coefficient (Wildman–Crippen LogP) is 3.12. The molecule has 1 N–H and O–H groups in total. The summed E-state index contributed by atoms with van der Waals surface area (Å²) in [5, 5.41) is 13.0. The topological polar surface area (TPSA) is 67.3 Å². The van der Waals surface area contributed by atoms with Crippen LogP contribution < -0.4 is 10.1 Å². The highest BCUT2D eigenvalue weighted by Gasteiger charge is 2.26. The van der Waals surface area contributed by atoms with Crippen molar-refractivity contribution < 1.29 is 9.53 Å². The SMILES string of the molecule is COc1ccc(NC(=O)c2nnc(CN3CCSC(C)C3C)s2)cc1. The van der Waals surface area contributed by atoms with E-state index in [1.54, 1.807) is 31.4 Å². The molecule has 1 saturated heterocycles. The molecule has 1 aromatic heterocycles. The Morgan fingerprint density at radius 1 is 1.32 bits per heavy atom. The molecular weight excluding hydrogens is 356 g/mol. The van der Waals surface area contributed by atoms with Crippen LogP contribution in [0.4, 0.5) is 5.69 Å². The van der Waals surface area contributed by atoms with Gasteiger partial charge in [-0.1, -0.05) is 18.3 Å². The molecular formula is C17H22N4O2S2. The molecule has 1 aliphatic heterocycles. The summed E-state index contributed by atoms with van der Waals surface area (Å²) in [5.41, 5.74) is 0.707. The zero-order valence-electron chi connectivity index (χ0n) is 14.6.